The Morgan fingerprint density at radius 1 is 1.18 bits per heavy atom. The van der Waals surface area contributed by atoms with E-state index in [9.17, 15) is 4.79 Å². The number of thiazole rings is 1. The molecule has 2 aromatic carbocycles. The van der Waals surface area contributed by atoms with Gasteiger partial charge >= 0.3 is 0 Å². The molecule has 1 atom stereocenters. The van der Waals surface area contributed by atoms with E-state index < -0.39 is 6.04 Å². The van der Waals surface area contributed by atoms with E-state index in [1.54, 1.807) is 24.0 Å². The minimum absolute atomic E-state index is 0.244. The molecule has 0 bridgehead atoms. The number of hydrazone groups is 1. The SMILES string of the molecule is C[C@H](Nc1nc2ccccc2s1)C(=O)N/N=C\c1cnn(-c2ccccc2)c1. The molecule has 2 aromatic heterocycles. The van der Waals surface area contributed by atoms with Gasteiger partial charge in [-0.3, -0.25) is 4.79 Å². The van der Waals surface area contributed by atoms with Crippen molar-refractivity contribution in [2.24, 2.45) is 5.10 Å². The van der Waals surface area contributed by atoms with Gasteiger partial charge in [-0.05, 0) is 31.2 Å². The third-order valence-corrected chi connectivity index (χ3v) is 5.01. The predicted octanol–water partition coefficient (Wildman–Crippen LogP) is 3.43. The largest absolute Gasteiger partial charge is 0.350 e. The maximum atomic E-state index is 12.2. The van der Waals surface area contributed by atoms with Crippen LogP contribution in [0.1, 0.15) is 12.5 Å². The number of benzene rings is 2. The zero-order valence-corrected chi connectivity index (χ0v) is 15.9. The lowest BCUT2D eigenvalue weighted by molar-refractivity contribution is -0.121. The van der Waals surface area contributed by atoms with Gasteiger partial charge in [0.2, 0.25) is 0 Å². The molecule has 0 aliphatic carbocycles. The van der Waals surface area contributed by atoms with Crippen molar-refractivity contribution < 1.29 is 4.79 Å². The topological polar surface area (TPSA) is 84.2 Å². The summed E-state index contributed by atoms with van der Waals surface area (Å²) in [5, 5.41) is 12.1. The van der Waals surface area contributed by atoms with Gasteiger partial charge in [0, 0.05) is 11.8 Å². The normalized spacial score (nSPS) is 12.3. The molecular formula is C20H18N6OS. The van der Waals surface area contributed by atoms with Crippen molar-refractivity contribution in [1.82, 2.24) is 20.2 Å². The smallest absolute Gasteiger partial charge is 0.262 e. The third-order valence-electron chi connectivity index (χ3n) is 4.04. The Hall–Kier alpha value is -3.52. The third kappa shape index (κ3) is 4.07. The monoisotopic (exact) mass is 390 g/mol. The van der Waals surface area contributed by atoms with Crippen molar-refractivity contribution in [2.75, 3.05) is 5.32 Å². The minimum atomic E-state index is -0.468. The number of para-hydroxylation sites is 2. The van der Waals surface area contributed by atoms with Gasteiger partial charge < -0.3 is 5.32 Å². The second-order valence-electron chi connectivity index (χ2n) is 6.14. The highest BCUT2D eigenvalue weighted by molar-refractivity contribution is 7.22. The standard InChI is InChI=1S/C20H18N6OS/c1-14(23-20-24-17-9-5-6-10-18(17)28-20)19(27)25-21-11-15-12-22-26(13-15)16-7-3-2-4-8-16/h2-14H,1H3,(H,23,24)(H,25,27)/b21-11-/t14-/m0/s1. The molecular weight excluding hydrogens is 372 g/mol. The predicted molar refractivity (Wildman–Crippen MR) is 112 cm³/mol. The molecule has 0 saturated carbocycles. The Balaban J connectivity index is 1.34. The summed E-state index contributed by atoms with van der Waals surface area (Å²) in [6.45, 7) is 1.77. The Kier molecular flexibility index (Phi) is 5.11. The van der Waals surface area contributed by atoms with Crippen molar-refractivity contribution in [3.05, 3.63) is 72.6 Å². The lowest BCUT2D eigenvalue weighted by Gasteiger charge is -2.10. The van der Waals surface area contributed by atoms with Crippen LogP contribution in [-0.2, 0) is 4.79 Å². The van der Waals surface area contributed by atoms with Crippen molar-refractivity contribution in [3.8, 4) is 5.69 Å². The van der Waals surface area contributed by atoms with Crippen molar-refractivity contribution in [1.29, 1.82) is 0 Å². The van der Waals surface area contributed by atoms with Gasteiger partial charge in [-0.15, -0.1) is 0 Å². The fourth-order valence-corrected chi connectivity index (χ4v) is 3.53. The molecule has 0 saturated heterocycles. The highest BCUT2D eigenvalue weighted by Gasteiger charge is 2.14. The summed E-state index contributed by atoms with van der Waals surface area (Å²) in [6, 6.07) is 17.2. The Morgan fingerprint density at radius 2 is 1.96 bits per heavy atom. The maximum Gasteiger partial charge on any atom is 0.262 e. The van der Waals surface area contributed by atoms with E-state index in [0.717, 1.165) is 21.5 Å². The average molecular weight is 390 g/mol. The average Bonchev–Trinajstić information content (AvgIpc) is 3.35. The molecule has 0 unspecified atom stereocenters. The van der Waals surface area contributed by atoms with Gasteiger partial charge in [0.05, 0.1) is 28.3 Å². The number of anilines is 1. The second kappa shape index (κ2) is 8.01. The molecule has 0 radical (unpaired) electrons. The highest BCUT2D eigenvalue weighted by atomic mass is 32.1. The maximum absolute atomic E-state index is 12.2. The van der Waals surface area contributed by atoms with E-state index in [1.165, 1.54) is 11.3 Å². The number of fused-ring (bicyclic) bond motifs is 1. The Labute approximate surface area is 165 Å². The quantitative estimate of drug-likeness (QED) is 0.390. The lowest BCUT2D eigenvalue weighted by Crippen LogP contribution is -2.34. The summed E-state index contributed by atoms with van der Waals surface area (Å²) in [4.78, 5) is 16.7. The summed E-state index contributed by atoms with van der Waals surface area (Å²) >= 11 is 1.51. The molecule has 2 N–H and O–H groups in total. The van der Waals surface area contributed by atoms with Crippen molar-refractivity contribution in [2.45, 2.75) is 13.0 Å². The van der Waals surface area contributed by atoms with E-state index in [1.807, 2.05) is 60.8 Å². The number of carbonyl (C=O) groups excluding carboxylic acids is 1. The van der Waals surface area contributed by atoms with Crippen LogP contribution in [0.3, 0.4) is 0 Å². The van der Waals surface area contributed by atoms with Gasteiger partial charge in [-0.1, -0.05) is 41.7 Å². The fraction of sp³-hybridized carbons (Fsp3) is 0.100. The van der Waals surface area contributed by atoms with Crippen LogP contribution < -0.4 is 10.7 Å². The van der Waals surface area contributed by atoms with Crippen molar-refractivity contribution >= 4 is 38.8 Å². The molecule has 7 nitrogen and oxygen atoms in total. The molecule has 0 fully saturated rings. The molecule has 140 valence electrons. The van der Waals surface area contributed by atoms with Gasteiger partial charge in [0.25, 0.3) is 5.91 Å². The number of rotatable bonds is 6. The van der Waals surface area contributed by atoms with Crippen LogP contribution in [0.15, 0.2) is 72.1 Å². The first-order valence-electron chi connectivity index (χ1n) is 8.74. The first-order valence-corrected chi connectivity index (χ1v) is 9.56. The summed E-state index contributed by atoms with van der Waals surface area (Å²) in [6.07, 6.45) is 5.09. The summed E-state index contributed by atoms with van der Waals surface area (Å²) in [7, 11) is 0. The molecule has 4 rings (SSSR count). The van der Waals surface area contributed by atoms with Crippen LogP contribution >= 0.6 is 11.3 Å². The molecule has 1 amide bonds. The van der Waals surface area contributed by atoms with Crippen LogP contribution in [0.25, 0.3) is 15.9 Å². The minimum Gasteiger partial charge on any atom is -0.350 e. The zero-order chi connectivity index (χ0) is 19.3. The van der Waals surface area contributed by atoms with E-state index >= 15 is 0 Å². The number of hydrogen-bond acceptors (Lipinski definition) is 6. The van der Waals surface area contributed by atoms with Gasteiger partial charge in [0.15, 0.2) is 5.13 Å². The Bertz CT molecular complexity index is 1080. The van der Waals surface area contributed by atoms with E-state index in [-0.39, 0.29) is 5.91 Å². The number of nitrogens with zero attached hydrogens (tertiary/aromatic N) is 4. The molecule has 0 aliphatic heterocycles. The van der Waals surface area contributed by atoms with E-state index in [0.29, 0.717) is 5.13 Å². The van der Waals surface area contributed by atoms with Crippen LogP contribution in [0.2, 0.25) is 0 Å². The number of nitrogens with one attached hydrogen (secondary N) is 2. The number of carbonyl (C=O) groups is 1. The lowest BCUT2D eigenvalue weighted by atomic mass is 10.3. The summed E-state index contributed by atoms with van der Waals surface area (Å²) in [5.74, 6) is -0.244. The summed E-state index contributed by atoms with van der Waals surface area (Å²) in [5.41, 5.74) is 5.20. The van der Waals surface area contributed by atoms with Crippen LogP contribution in [0.4, 0.5) is 5.13 Å². The van der Waals surface area contributed by atoms with Gasteiger partial charge in [-0.25, -0.2) is 15.1 Å². The molecule has 2 heterocycles. The van der Waals surface area contributed by atoms with E-state index in [4.69, 9.17) is 0 Å². The second-order valence-corrected chi connectivity index (χ2v) is 7.17. The van der Waals surface area contributed by atoms with E-state index in [2.05, 4.69) is 25.9 Å². The molecule has 8 heteroatoms. The summed E-state index contributed by atoms with van der Waals surface area (Å²) < 4.78 is 2.83. The van der Waals surface area contributed by atoms with Crippen molar-refractivity contribution in [3.63, 3.8) is 0 Å². The molecule has 0 spiro atoms. The zero-order valence-electron chi connectivity index (χ0n) is 15.1. The van der Waals surface area contributed by atoms with Crippen LogP contribution in [0.5, 0.6) is 0 Å². The Morgan fingerprint density at radius 3 is 2.79 bits per heavy atom. The first-order chi connectivity index (χ1) is 13.7. The molecule has 0 aliphatic rings. The molecule has 4 aromatic rings. The number of hydrogen-bond donors (Lipinski definition) is 2. The fourth-order valence-electron chi connectivity index (χ4n) is 2.58. The first kappa shape index (κ1) is 17.9. The highest BCUT2D eigenvalue weighted by Crippen LogP contribution is 2.25. The molecule has 28 heavy (non-hydrogen) atoms. The van der Waals surface area contributed by atoms with Gasteiger partial charge in [0.1, 0.15) is 6.04 Å². The van der Waals surface area contributed by atoms with Gasteiger partial charge in [-0.2, -0.15) is 10.2 Å². The number of amides is 1. The number of aromatic nitrogens is 3. The van der Waals surface area contributed by atoms with Crippen LogP contribution in [-0.4, -0.2) is 32.9 Å². The van der Waals surface area contributed by atoms with Crippen LogP contribution in [0, 0.1) is 0 Å².